The molecule has 0 spiro atoms. The highest BCUT2D eigenvalue weighted by molar-refractivity contribution is 9.10. The Bertz CT molecular complexity index is 690. The third-order valence-electron chi connectivity index (χ3n) is 2.88. The van der Waals surface area contributed by atoms with Crippen LogP contribution >= 0.6 is 15.9 Å². The molecule has 4 nitrogen and oxygen atoms in total. The first-order valence-electron chi connectivity index (χ1n) is 6.20. The molecule has 0 fully saturated rings. The van der Waals surface area contributed by atoms with Crippen LogP contribution < -0.4 is 5.32 Å². The lowest BCUT2D eigenvalue weighted by Crippen LogP contribution is -2.33. The minimum Gasteiger partial charge on any atom is -0.317 e. The fraction of sp³-hybridized carbons (Fsp3) is 0.267. The molecule has 0 saturated heterocycles. The Morgan fingerprint density at radius 3 is 2.35 bits per heavy atom. The second-order valence-corrected chi connectivity index (χ2v) is 6.29. The number of anilines is 1. The normalized spacial score (nSPS) is 11.4. The number of hydrogen-bond acceptors (Lipinski definition) is 3. The van der Waals surface area contributed by atoms with Gasteiger partial charge < -0.3 is 5.32 Å². The van der Waals surface area contributed by atoms with Crippen molar-refractivity contribution in [3.63, 3.8) is 0 Å². The number of carbonyl (C=O) groups excluding carboxylic acids is 2. The first-order valence-corrected chi connectivity index (χ1v) is 6.99. The molecular weight excluding hydrogens is 320 g/mol. The van der Waals surface area contributed by atoms with Gasteiger partial charge >= 0.3 is 0 Å². The van der Waals surface area contributed by atoms with E-state index in [1.165, 1.54) is 0 Å². The van der Waals surface area contributed by atoms with Crippen molar-refractivity contribution in [1.82, 2.24) is 4.98 Å². The Balaban J connectivity index is 2.38. The van der Waals surface area contributed by atoms with Gasteiger partial charge in [0.05, 0.1) is 11.9 Å². The van der Waals surface area contributed by atoms with Crippen LogP contribution in [0.15, 0.2) is 35.1 Å². The van der Waals surface area contributed by atoms with Crippen LogP contribution in [0.25, 0.3) is 10.8 Å². The van der Waals surface area contributed by atoms with E-state index in [9.17, 15) is 9.59 Å². The highest BCUT2D eigenvalue weighted by Gasteiger charge is 2.28. The van der Waals surface area contributed by atoms with E-state index in [-0.39, 0.29) is 0 Å². The Labute approximate surface area is 125 Å². The molecule has 2 rings (SSSR count). The summed E-state index contributed by atoms with van der Waals surface area (Å²) in [6, 6.07) is 7.53. The SMILES string of the molecule is CC(C)(C)C(=O)C(=O)Nc1cnc(Br)c2ccccc12. The van der Waals surface area contributed by atoms with Crippen LogP contribution in [-0.4, -0.2) is 16.7 Å². The summed E-state index contributed by atoms with van der Waals surface area (Å²) in [5, 5.41) is 4.37. The molecule has 2 aromatic rings. The average Bonchev–Trinajstić information content (AvgIpc) is 2.40. The van der Waals surface area contributed by atoms with E-state index in [1.807, 2.05) is 24.3 Å². The molecule has 0 atom stereocenters. The van der Waals surface area contributed by atoms with Gasteiger partial charge in [0.25, 0.3) is 5.91 Å². The molecule has 104 valence electrons. The van der Waals surface area contributed by atoms with Gasteiger partial charge in [-0.2, -0.15) is 0 Å². The van der Waals surface area contributed by atoms with Gasteiger partial charge in [0.15, 0.2) is 0 Å². The van der Waals surface area contributed by atoms with Crippen molar-refractivity contribution in [3.05, 3.63) is 35.1 Å². The fourth-order valence-corrected chi connectivity index (χ4v) is 2.23. The number of nitrogens with zero attached hydrogens (tertiary/aromatic N) is 1. The molecule has 1 N–H and O–H groups in total. The maximum Gasteiger partial charge on any atom is 0.292 e. The van der Waals surface area contributed by atoms with Gasteiger partial charge in [0.2, 0.25) is 5.78 Å². The molecule has 20 heavy (non-hydrogen) atoms. The lowest BCUT2D eigenvalue weighted by atomic mass is 9.90. The van der Waals surface area contributed by atoms with Crippen LogP contribution in [0.2, 0.25) is 0 Å². The first kappa shape index (κ1) is 14.7. The number of Topliss-reactive ketones (excluding diaryl/α,β-unsaturated/α-hetero) is 1. The minimum absolute atomic E-state index is 0.454. The molecule has 1 aromatic heterocycles. The van der Waals surface area contributed by atoms with Crippen molar-refractivity contribution in [2.45, 2.75) is 20.8 Å². The third-order valence-corrected chi connectivity index (χ3v) is 3.51. The number of nitrogens with one attached hydrogen (secondary N) is 1. The smallest absolute Gasteiger partial charge is 0.292 e. The first-order chi connectivity index (χ1) is 9.30. The van der Waals surface area contributed by atoms with Crippen molar-refractivity contribution >= 4 is 44.1 Å². The molecule has 0 saturated carbocycles. The topological polar surface area (TPSA) is 59.1 Å². The van der Waals surface area contributed by atoms with E-state index in [0.29, 0.717) is 10.3 Å². The quantitative estimate of drug-likeness (QED) is 0.674. The van der Waals surface area contributed by atoms with E-state index >= 15 is 0 Å². The number of aromatic nitrogens is 1. The zero-order valence-electron chi connectivity index (χ0n) is 11.5. The number of benzene rings is 1. The lowest BCUT2D eigenvalue weighted by molar-refractivity contribution is -0.139. The molecule has 1 heterocycles. The van der Waals surface area contributed by atoms with E-state index in [0.717, 1.165) is 10.8 Å². The largest absolute Gasteiger partial charge is 0.317 e. The molecule has 5 heteroatoms. The fourth-order valence-electron chi connectivity index (χ4n) is 1.78. The average molecular weight is 335 g/mol. The van der Waals surface area contributed by atoms with E-state index in [1.54, 1.807) is 27.0 Å². The molecule has 0 aliphatic heterocycles. The predicted octanol–water partition coefficient (Wildman–Crippen LogP) is 3.55. The number of rotatable bonds is 2. The summed E-state index contributed by atoms with van der Waals surface area (Å²) in [6.07, 6.45) is 1.54. The standard InChI is InChI=1S/C15H15BrN2O2/c1-15(2,3)12(19)14(20)18-11-8-17-13(16)10-7-5-4-6-9(10)11/h4-8H,1-3H3,(H,18,20). The minimum atomic E-state index is -0.706. The van der Waals surface area contributed by atoms with Crippen LogP contribution in [0.5, 0.6) is 0 Å². The number of pyridine rings is 1. The summed E-state index contributed by atoms with van der Waals surface area (Å²) in [6.45, 7) is 5.15. The van der Waals surface area contributed by atoms with Gasteiger partial charge in [0, 0.05) is 16.2 Å². The van der Waals surface area contributed by atoms with Crippen molar-refractivity contribution in [1.29, 1.82) is 0 Å². The second-order valence-electron chi connectivity index (χ2n) is 5.54. The number of hydrogen-bond donors (Lipinski definition) is 1. The molecule has 1 aromatic carbocycles. The van der Waals surface area contributed by atoms with Gasteiger partial charge in [-0.25, -0.2) is 4.98 Å². The van der Waals surface area contributed by atoms with Gasteiger partial charge in [-0.3, -0.25) is 9.59 Å². The maximum absolute atomic E-state index is 12.0. The van der Waals surface area contributed by atoms with E-state index in [4.69, 9.17) is 0 Å². The van der Waals surface area contributed by atoms with E-state index < -0.39 is 17.1 Å². The number of fused-ring (bicyclic) bond motifs is 1. The summed E-state index contributed by atoms with van der Waals surface area (Å²) >= 11 is 3.37. The highest BCUT2D eigenvalue weighted by atomic mass is 79.9. The zero-order chi connectivity index (χ0) is 14.9. The van der Waals surface area contributed by atoms with Crippen LogP contribution in [0.1, 0.15) is 20.8 Å². The maximum atomic E-state index is 12.0. The molecule has 0 radical (unpaired) electrons. The van der Waals surface area contributed by atoms with Crippen molar-refractivity contribution < 1.29 is 9.59 Å². The molecule has 0 bridgehead atoms. The van der Waals surface area contributed by atoms with Crippen molar-refractivity contribution in [3.8, 4) is 0 Å². The molecule has 0 aliphatic carbocycles. The van der Waals surface area contributed by atoms with Crippen molar-refractivity contribution in [2.24, 2.45) is 5.41 Å². The Kier molecular flexibility index (Phi) is 3.90. The van der Waals surface area contributed by atoms with Gasteiger partial charge in [-0.15, -0.1) is 0 Å². The molecule has 0 aliphatic rings. The number of ketones is 1. The number of carbonyl (C=O) groups is 2. The predicted molar refractivity (Wildman–Crippen MR) is 82.5 cm³/mol. The zero-order valence-corrected chi connectivity index (χ0v) is 13.1. The highest BCUT2D eigenvalue weighted by Crippen LogP contribution is 2.28. The van der Waals surface area contributed by atoms with Gasteiger partial charge in [-0.1, -0.05) is 45.0 Å². The Morgan fingerprint density at radius 1 is 1.15 bits per heavy atom. The Morgan fingerprint density at radius 2 is 1.75 bits per heavy atom. The summed E-state index contributed by atoms with van der Waals surface area (Å²) in [4.78, 5) is 28.1. The summed E-state index contributed by atoms with van der Waals surface area (Å²) in [5.41, 5.74) is -0.172. The summed E-state index contributed by atoms with van der Waals surface area (Å²) in [5.74, 6) is -1.07. The molecular formula is C15H15BrN2O2. The summed E-state index contributed by atoms with van der Waals surface area (Å²) in [7, 11) is 0. The third kappa shape index (κ3) is 2.88. The van der Waals surface area contributed by atoms with Crippen molar-refractivity contribution in [2.75, 3.05) is 5.32 Å². The number of halogens is 1. The number of amides is 1. The van der Waals surface area contributed by atoms with Crippen LogP contribution in [0.3, 0.4) is 0 Å². The van der Waals surface area contributed by atoms with E-state index in [2.05, 4.69) is 26.2 Å². The lowest BCUT2D eigenvalue weighted by Gasteiger charge is -2.16. The van der Waals surface area contributed by atoms with Gasteiger partial charge in [0.1, 0.15) is 4.60 Å². The molecule has 0 unspecified atom stereocenters. The summed E-state index contributed by atoms with van der Waals surface area (Å²) < 4.78 is 0.702. The van der Waals surface area contributed by atoms with Crippen LogP contribution in [0, 0.1) is 5.41 Å². The van der Waals surface area contributed by atoms with Crippen LogP contribution in [-0.2, 0) is 9.59 Å². The monoisotopic (exact) mass is 334 g/mol. The molecule has 1 amide bonds. The second kappa shape index (κ2) is 5.32. The Hall–Kier alpha value is -1.75. The van der Waals surface area contributed by atoms with Crippen LogP contribution in [0.4, 0.5) is 5.69 Å². The van der Waals surface area contributed by atoms with Gasteiger partial charge in [-0.05, 0) is 15.9 Å².